The van der Waals surface area contributed by atoms with Crippen molar-refractivity contribution in [2.45, 2.75) is 51.2 Å². The Kier molecular flexibility index (Phi) is 5.07. The standard InChI is InChI=1S/C16H22O5/c1-3-4-5-11(17)8-13-7-10-6-12(20-2)9-14(18)15(10)16(19)21-13/h6,9,11,13,17-18H,3-5,7-8H2,1-2H3/t11-,13-/m0/s1. The number of methoxy groups -OCH3 is 1. The number of esters is 1. The van der Waals surface area contributed by atoms with Crippen LogP contribution in [0.25, 0.3) is 0 Å². The van der Waals surface area contributed by atoms with Crippen molar-refractivity contribution in [1.82, 2.24) is 0 Å². The van der Waals surface area contributed by atoms with Crippen molar-refractivity contribution in [2.24, 2.45) is 0 Å². The second-order valence-electron chi connectivity index (χ2n) is 5.44. The Balaban J connectivity index is 2.12. The van der Waals surface area contributed by atoms with Gasteiger partial charge in [-0.25, -0.2) is 4.79 Å². The van der Waals surface area contributed by atoms with E-state index >= 15 is 0 Å². The Hall–Kier alpha value is -1.75. The molecule has 0 unspecified atom stereocenters. The van der Waals surface area contributed by atoms with Gasteiger partial charge in [0, 0.05) is 18.9 Å². The van der Waals surface area contributed by atoms with Crippen LogP contribution in [0, 0.1) is 0 Å². The average molecular weight is 294 g/mol. The number of cyclic esters (lactones) is 1. The molecule has 0 aliphatic carbocycles. The van der Waals surface area contributed by atoms with Crippen LogP contribution in [-0.2, 0) is 11.2 Å². The van der Waals surface area contributed by atoms with Crippen LogP contribution in [0.4, 0.5) is 0 Å². The molecule has 21 heavy (non-hydrogen) atoms. The van der Waals surface area contributed by atoms with E-state index in [4.69, 9.17) is 9.47 Å². The zero-order valence-corrected chi connectivity index (χ0v) is 12.5. The summed E-state index contributed by atoms with van der Waals surface area (Å²) < 4.78 is 10.4. The molecule has 0 saturated carbocycles. The van der Waals surface area contributed by atoms with Crippen molar-refractivity contribution in [2.75, 3.05) is 7.11 Å². The van der Waals surface area contributed by atoms with E-state index in [-0.39, 0.29) is 17.4 Å². The highest BCUT2D eigenvalue weighted by atomic mass is 16.5. The molecule has 2 atom stereocenters. The fraction of sp³-hybridized carbons (Fsp3) is 0.562. The maximum Gasteiger partial charge on any atom is 0.342 e. The summed E-state index contributed by atoms with van der Waals surface area (Å²) in [6.07, 6.45) is 2.76. The van der Waals surface area contributed by atoms with Gasteiger partial charge in [0.05, 0.1) is 13.2 Å². The fourth-order valence-corrected chi connectivity index (χ4v) is 2.66. The summed E-state index contributed by atoms with van der Waals surface area (Å²) in [4.78, 5) is 12.0. The molecule has 5 heteroatoms. The van der Waals surface area contributed by atoms with Gasteiger partial charge in [0.2, 0.25) is 0 Å². The molecule has 0 amide bonds. The maximum absolute atomic E-state index is 12.0. The average Bonchev–Trinajstić information content (AvgIpc) is 2.44. The molecule has 0 saturated heterocycles. The van der Waals surface area contributed by atoms with Crippen LogP contribution in [0.2, 0.25) is 0 Å². The van der Waals surface area contributed by atoms with Gasteiger partial charge in [0.15, 0.2) is 0 Å². The largest absolute Gasteiger partial charge is 0.507 e. The molecule has 0 bridgehead atoms. The fourth-order valence-electron chi connectivity index (χ4n) is 2.66. The number of carbonyl (C=O) groups excluding carboxylic acids is 1. The van der Waals surface area contributed by atoms with E-state index in [0.29, 0.717) is 30.6 Å². The van der Waals surface area contributed by atoms with E-state index in [2.05, 4.69) is 6.92 Å². The summed E-state index contributed by atoms with van der Waals surface area (Å²) in [5.74, 6) is -0.158. The van der Waals surface area contributed by atoms with E-state index in [1.807, 2.05) is 0 Å². The monoisotopic (exact) mass is 294 g/mol. The van der Waals surface area contributed by atoms with Gasteiger partial charge in [-0.15, -0.1) is 0 Å². The Morgan fingerprint density at radius 2 is 2.24 bits per heavy atom. The zero-order valence-electron chi connectivity index (χ0n) is 12.5. The van der Waals surface area contributed by atoms with Gasteiger partial charge in [-0.1, -0.05) is 19.8 Å². The quantitative estimate of drug-likeness (QED) is 0.788. The lowest BCUT2D eigenvalue weighted by molar-refractivity contribution is 0.00861. The molecule has 5 nitrogen and oxygen atoms in total. The topological polar surface area (TPSA) is 76.0 Å². The highest BCUT2D eigenvalue weighted by Crippen LogP contribution is 2.33. The second-order valence-corrected chi connectivity index (χ2v) is 5.44. The van der Waals surface area contributed by atoms with Crippen LogP contribution in [0.1, 0.15) is 48.5 Å². The van der Waals surface area contributed by atoms with E-state index < -0.39 is 12.1 Å². The first-order chi connectivity index (χ1) is 10.0. The number of phenols is 1. The number of hydrogen-bond acceptors (Lipinski definition) is 5. The van der Waals surface area contributed by atoms with Crippen LogP contribution in [0.15, 0.2) is 12.1 Å². The number of aliphatic hydroxyl groups excluding tert-OH is 1. The molecule has 0 aromatic heterocycles. The lowest BCUT2D eigenvalue weighted by Gasteiger charge is -2.27. The maximum atomic E-state index is 12.0. The van der Waals surface area contributed by atoms with E-state index in [1.54, 1.807) is 6.07 Å². The number of benzene rings is 1. The van der Waals surface area contributed by atoms with Gasteiger partial charge in [-0.2, -0.15) is 0 Å². The molecule has 1 aliphatic heterocycles. The first kappa shape index (κ1) is 15.6. The summed E-state index contributed by atoms with van der Waals surface area (Å²) >= 11 is 0. The summed E-state index contributed by atoms with van der Waals surface area (Å²) in [7, 11) is 1.51. The van der Waals surface area contributed by atoms with Crippen LogP contribution >= 0.6 is 0 Å². The number of phenolic OH excluding ortho intramolecular Hbond substituents is 1. The molecule has 1 aromatic carbocycles. The number of fused-ring (bicyclic) bond motifs is 1. The summed E-state index contributed by atoms with van der Waals surface area (Å²) in [5, 5.41) is 19.8. The Morgan fingerprint density at radius 1 is 1.48 bits per heavy atom. The third-order valence-electron chi connectivity index (χ3n) is 3.76. The van der Waals surface area contributed by atoms with Gasteiger partial charge in [-0.05, 0) is 18.1 Å². The van der Waals surface area contributed by atoms with E-state index in [1.165, 1.54) is 13.2 Å². The van der Waals surface area contributed by atoms with E-state index in [0.717, 1.165) is 12.8 Å². The predicted molar refractivity (Wildman–Crippen MR) is 77.7 cm³/mol. The molecular weight excluding hydrogens is 272 g/mol. The van der Waals surface area contributed by atoms with E-state index in [9.17, 15) is 15.0 Å². The normalized spacial score (nSPS) is 18.8. The minimum atomic E-state index is -0.538. The van der Waals surface area contributed by atoms with Gasteiger partial charge in [0.1, 0.15) is 23.2 Å². The molecule has 1 heterocycles. The summed E-state index contributed by atoms with van der Waals surface area (Å²) in [6, 6.07) is 3.14. The van der Waals surface area contributed by atoms with Crippen molar-refractivity contribution in [3.63, 3.8) is 0 Å². The van der Waals surface area contributed by atoms with Crippen molar-refractivity contribution in [1.29, 1.82) is 0 Å². The van der Waals surface area contributed by atoms with Crippen LogP contribution < -0.4 is 4.74 Å². The smallest absolute Gasteiger partial charge is 0.342 e. The number of unbranched alkanes of at least 4 members (excludes halogenated alkanes) is 1. The molecule has 0 radical (unpaired) electrons. The number of ether oxygens (including phenoxy) is 2. The highest BCUT2D eigenvalue weighted by molar-refractivity contribution is 5.95. The van der Waals surface area contributed by atoms with Crippen molar-refractivity contribution >= 4 is 5.97 Å². The molecule has 1 aliphatic rings. The third kappa shape index (κ3) is 3.67. The zero-order chi connectivity index (χ0) is 15.4. The van der Waals surface area contributed by atoms with Gasteiger partial charge >= 0.3 is 5.97 Å². The number of carbonyl (C=O) groups is 1. The number of hydrogen-bond donors (Lipinski definition) is 2. The molecule has 0 fully saturated rings. The van der Waals surface area contributed by atoms with Crippen molar-refractivity contribution < 1.29 is 24.5 Å². The first-order valence-corrected chi connectivity index (χ1v) is 7.34. The SMILES string of the molecule is CCCC[C@H](O)C[C@@H]1Cc2cc(OC)cc(O)c2C(=O)O1. The molecule has 2 rings (SSSR count). The van der Waals surface area contributed by atoms with Gasteiger partial charge < -0.3 is 19.7 Å². The van der Waals surface area contributed by atoms with Crippen LogP contribution in [-0.4, -0.2) is 35.5 Å². The Labute approximate surface area is 124 Å². The number of rotatable bonds is 6. The highest BCUT2D eigenvalue weighted by Gasteiger charge is 2.30. The van der Waals surface area contributed by atoms with Crippen molar-refractivity contribution in [3.8, 4) is 11.5 Å². The number of aromatic hydroxyl groups is 1. The molecule has 2 N–H and O–H groups in total. The summed E-state index contributed by atoms with van der Waals surface area (Å²) in [6.45, 7) is 2.07. The molecule has 0 spiro atoms. The molecule has 116 valence electrons. The Morgan fingerprint density at radius 3 is 2.90 bits per heavy atom. The first-order valence-electron chi connectivity index (χ1n) is 7.34. The third-order valence-corrected chi connectivity index (χ3v) is 3.76. The lowest BCUT2D eigenvalue weighted by atomic mass is 9.94. The summed E-state index contributed by atoms with van der Waals surface area (Å²) in [5.41, 5.74) is 0.908. The minimum absolute atomic E-state index is 0.126. The van der Waals surface area contributed by atoms with Crippen molar-refractivity contribution in [3.05, 3.63) is 23.3 Å². The van der Waals surface area contributed by atoms with Gasteiger partial charge in [-0.3, -0.25) is 0 Å². The predicted octanol–water partition coefficient (Wildman–Crippen LogP) is 2.42. The molecular formula is C16H22O5. The van der Waals surface area contributed by atoms with Gasteiger partial charge in [0.25, 0.3) is 0 Å². The second kappa shape index (κ2) is 6.80. The minimum Gasteiger partial charge on any atom is -0.507 e. The van der Waals surface area contributed by atoms with Crippen LogP contribution in [0.5, 0.6) is 11.5 Å². The number of aliphatic hydroxyl groups is 1. The molecule has 1 aromatic rings. The van der Waals surface area contributed by atoms with Crippen LogP contribution in [0.3, 0.4) is 0 Å². The Bertz CT molecular complexity index is 512. The lowest BCUT2D eigenvalue weighted by Crippen LogP contribution is -2.31.